The number of alkyl halides is 2. The van der Waals surface area contributed by atoms with Crippen molar-refractivity contribution < 1.29 is 13.2 Å². The number of aryl methyl sites for hydroxylation is 1. The predicted octanol–water partition coefficient (Wildman–Crippen LogP) is 2.72. The van der Waals surface area contributed by atoms with Crippen LogP contribution in [0.25, 0.3) is 0 Å². The monoisotopic (exact) mass is 215 g/mol. The molecule has 82 valence electrons. The smallest absolute Gasteiger partial charge is 0.252 e. The van der Waals surface area contributed by atoms with Crippen molar-refractivity contribution in [1.29, 1.82) is 0 Å². The summed E-state index contributed by atoms with van der Waals surface area (Å²) in [6.07, 6.45) is -0.797. The Hall–Kier alpha value is -1.03. The third-order valence-electron chi connectivity index (χ3n) is 2.88. The molecule has 1 nitrogen and oxygen atoms in total. The van der Waals surface area contributed by atoms with Gasteiger partial charge in [0.25, 0.3) is 5.92 Å². The molecule has 0 aliphatic heterocycles. The summed E-state index contributed by atoms with van der Waals surface area (Å²) in [6, 6.07) is 4.12. The highest BCUT2D eigenvalue weighted by molar-refractivity contribution is 5.36. The van der Waals surface area contributed by atoms with E-state index in [2.05, 4.69) is 0 Å². The minimum atomic E-state index is -2.70. The molecule has 0 heterocycles. The second-order valence-electron chi connectivity index (χ2n) is 4.32. The van der Waals surface area contributed by atoms with Gasteiger partial charge < -0.3 is 5.73 Å². The van der Waals surface area contributed by atoms with Gasteiger partial charge in [-0.1, -0.05) is 6.07 Å². The number of hydrogen-bond acceptors (Lipinski definition) is 1. The van der Waals surface area contributed by atoms with Crippen LogP contribution < -0.4 is 5.73 Å². The quantitative estimate of drug-likeness (QED) is 0.765. The van der Waals surface area contributed by atoms with E-state index in [1.54, 1.807) is 13.0 Å². The van der Waals surface area contributed by atoms with Crippen molar-refractivity contribution in [3.63, 3.8) is 0 Å². The van der Waals surface area contributed by atoms with Gasteiger partial charge in [-0.3, -0.25) is 0 Å². The van der Waals surface area contributed by atoms with Crippen LogP contribution in [0.15, 0.2) is 18.2 Å². The van der Waals surface area contributed by atoms with Crippen molar-refractivity contribution >= 4 is 0 Å². The molecule has 1 saturated carbocycles. The largest absolute Gasteiger partial charge is 0.321 e. The number of hydrogen-bond donors (Lipinski definition) is 1. The summed E-state index contributed by atoms with van der Waals surface area (Å²) < 4.78 is 38.5. The average molecular weight is 215 g/mol. The van der Waals surface area contributed by atoms with Crippen LogP contribution in [0.1, 0.15) is 24.0 Å². The standard InChI is InChI=1S/C11H12F3N/c1-7-2-3-8(12)4-9(7)10(15)5-11(13,14)6-10/h2-4H,5-6,15H2,1H3. The molecule has 1 aromatic carbocycles. The number of halogens is 3. The SMILES string of the molecule is Cc1ccc(F)cc1C1(N)CC(F)(F)C1. The van der Waals surface area contributed by atoms with Crippen LogP contribution in [0.2, 0.25) is 0 Å². The van der Waals surface area contributed by atoms with Crippen LogP contribution >= 0.6 is 0 Å². The van der Waals surface area contributed by atoms with Crippen molar-refractivity contribution in [3.8, 4) is 0 Å². The first kappa shape index (κ1) is 10.5. The Morgan fingerprint density at radius 1 is 1.27 bits per heavy atom. The molecule has 15 heavy (non-hydrogen) atoms. The van der Waals surface area contributed by atoms with E-state index >= 15 is 0 Å². The zero-order valence-electron chi connectivity index (χ0n) is 8.36. The first-order valence-electron chi connectivity index (χ1n) is 4.76. The summed E-state index contributed by atoms with van der Waals surface area (Å²) in [5.41, 5.74) is 6.02. The van der Waals surface area contributed by atoms with Crippen LogP contribution in [0.4, 0.5) is 13.2 Å². The van der Waals surface area contributed by atoms with Gasteiger partial charge in [-0.25, -0.2) is 13.2 Å². The van der Waals surface area contributed by atoms with Crippen LogP contribution in [0.3, 0.4) is 0 Å². The maximum atomic E-state index is 13.0. The Morgan fingerprint density at radius 3 is 2.40 bits per heavy atom. The minimum Gasteiger partial charge on any atom is -0.321 e. The van der Waals surface area contributed by atoms with Gasteiger partial charge in [-0.15, -0.1) is 0 Å². The maximum absolute atomic E-state index is 13.0. The molecule has 1 fully saturated rings. The zero-order chi connectivity index (χ0) is 11.3. The van der Waals surface area contributed by atoms with Crippen LogP contribution in [0, 0.1) is 12.7 Å². The van der Waals surface area contributed by atoms with Crippen LogP contribution in [-0.4, -0.2) is 5.92 Å². The second-order valence-corrected chi connectivity index (χ2v) is 4.32. The lowest BCUT2D eigenvalue weighted by Crippen LogP contribution is -2.55. The normalized spacial score (nSPS) is 22.2. The Morgan fingerprint density at radius 2 is 1.87 bits per heavy atom. The van der Waals surface area contributed by atoms with Gasteiger partial charge in [0.2, 0.25) is 0 Å². The fourth-order valence-electron chi connectivity index (χ4n) is 2.19. The van der Waals surface area contributed by atoms with E-state index in [4.69, 9.17) is 5.73 Å². The number of nitrogens with two attached hydrogens (primary N) is 1. The molecule has 0 bridgehead atoms. The van der Waals surface area contributed by atoms with Crippen molar-refractivity contribution in [2.75, 3.05) is 0 Å². The third-order valence-corrected chi connectivity index (χ3v) is 2.88. The molecule has 1 aliphatic rings. The molecular formula is C11H12F3N. The summed E-state index contributed by atoms with van der Waals surface area (Å²) in [7, 11) is 0. The van der Waals surface area contributed by atoms with Crippen molar-refractivity contribution in [2.45, 2.75) is 31.2 Å². The van der Waals surface area contributed by atoms with Gasteiger partial charge in [0.05, 0.1) is 5.54 Å². The van der Waals surface area contributed by atoms with Gasteiger partial charge in [0.1, 0.15) is 5.82 Å². The highest BCUT2D eigenvalue weighted by atomic mass is 19.3. The van der Waals surface area contributed by atoms with Crippen molar-refractivity contribution in [1.82, 2.24) is 0 Å². The topological polar surface area (TPSA) is 26.0 Å². The molecule has 0 unspecified atom stereocenters. The van der Waals surface area contributed by atoms with Crippen LogP contribution in [0.5, 0.6) is 0 Å². The Balaban J connectivity index is 2.35. The lowest BCUT2D eigenvalue weighted by molar-refractivity contribution is -0.125. The van der Waals surface area contributed by atoms with Gasteiger partial charge >= 0.3 is 0 Å². The average Bonchev–Trinajstić information content (AvgIpc) is 2.05. The second kappa shape index (κ2) is 2.98. The first-order valence-corrected chi connectivity index (χ1v) is 4.76. The highest BCUT2D eigenvalue weighted by Gasteiger charge is 2.55. The molecule has 4 heteroatoms. The summed E-state index contributed by atoms with van der Waals surface area (Å²) in [5.74, 6) is -3.14. The third kappa shape index (κ3) is 1.74. The van der Waals surface area contributed by atoms with E-state index < -0.39 is 30.1 Å². The molecule has 0 aromatic heterocycles. The van der Waals surface area contributed by atoms with Gasteiger partial charge in [0.15, 0.2) is 0 Å². The Bertz CT molecular complexity index is 393. The van der Waals surface area contributed by atoms with E-state index in [-0.39, 0.29) is 0 Å². The predicted molar refractivity (Wildman–Crippen MR) is 51.2 cm³/mol. The molecule has 0 atom stereocenters. The lowest BCUT2D eigenvalue weighted by Gasteiger charge is -2.45. The summed E-state index contributed by atoms with van der Waals surface area (Å²) in [5, 5.41) is 0. The molecule has 2 N–H and O–H groups in total. The zero-order valence-corrected chi connectivity index (χ0v) is 8.36. The highest BCUT2D eigenvalue weighted by Crippen LogP contribution is 2.50. The number of rotatable bonds is 1. The Labute approximate surface area is 86.1 Å². The van der Waals surface area contributed by atoms with E-state index in [9.17, 15) is 13.2 Å². The molecule has 1 aromatic rings. The first-order chi connectivity index (χ1) is 6.82. The molecule has 1 aliphatic carbocycles. The van der Waals surface area contributed by atoms with Crippen molar-refractivity contribution in [2.24, 2.45) is 5.73 Å². The van der Waals surface area contributed by atoms with E-state index in [1.807, 2.05) is 0 Å². The summed E-state index contributed by atoms with van der Waals surface area (Å²) in [6.45, 7) is 1.75. The molecule has 0 radical (unpaired) electrons. The molecule has 0 spiro atoms. The fraction of sp³-hybridized carbons (Fsp3) is 0.455. The summed E-state index contributed by atoms with van der Waals surface area (Å²) >= 11 is 0. The lowest BCUT2D eigenvalue weighted by atomic mass is 9.68. The summed E-state index contributed by atoms with van der Waals surface area (Å²) in [4.78, 5) is 0. The van der Waals surface area contributed by atoms with E-state index in [1.165, 1.54) is 12.1 Å². The molecular weight excluding hydrogens is 203 g/mol. The fourth-order valence-corrected chi connectivity index (χ4v) is 2.19. The molecule has 0 amide bonds. The number of benzene rings is 1. The molecule has 2 rings (SSSR count). The van der Waals surface area contributed by atoms with Gasteiger partial charge in [0, 0.05) is 12.8 Å². The Kier molecular flexibility index (Phi) is 2.08. The van der Waals surface area contributed by atoms with Crippen LogP contribution in [-0.2, 0) is 5.54 Å². The van der Waals surface area contributed by atoms with Gasteiger partial charge in [-0.05, 0) is 30.2 Å². The maximum Gasteiger partial charge on any atom is 0.252 e. The minimum absolute atomic E-state index is 0.399. The molecule has 0 saturated heterocycles. The van der Waals surface area contributed by atoms with Gasteiger partial charge in [-0.2, -0.15) is 0 Å². The van der Waals surface area contributed by atoms with Crippen molar-refractivity contribution in [3.05, 3.63) is 35.1 Å². The van der Waals surface area contributed by atoms with E-state index in [0.717, 1.165) is 5.56 Å². The van der Waals surface area contributed by atoms with E-state index in [0.29, 0.717) is 5.56 Å².